The van der Waals surface area contributed by atoms with Gasteiger partial charge in [-0.3, -0.25) is 18.6 Å². The summed E-state index contributed by atoms with van der Waals surface area (Å²) in [7, 11) is -4.38. The summed E-state index contributed by atoms with van der Waals surface area (Å²) in [5.41, 5.74) is 5.32. The average Bonchev–Trinajstić information content (AvgIpc) is 3.07. The van der Waals surface area contributed by atoms with Gasteiger partial charge in [-0.2, -0.15) is 0 Å². The van der Waals surface area contributed by atoms with Gasteiger partial charge in [0.15, 0.2) is 6.10 Å². The van der Waals surface area contributed by atoms with Crippen molar-refractivity contribution in [3.63, 3.8) is 0 Å². The van der Waals surface area contributed by atoms with Crippen molar-refractivity contribution in [3.05, 3.63) is 36.5 Å². The maximum atomic E-state index is 12.5. The second-order valence-electron chi connectivity index (χ2n) is 12.4. The smallest absolute Gasteiger partial charge is 0.462 e. The Balaban J connectivity index is 4.30. The van der Waals surface area contributed by atoms with Gasteiger partial charge < -0.3 is 20.1 Å². The van der Waals surface area contributed by atoms with Gasteiger partial charge in [0.05, 0.1) is 13.2 Å². The molecule has 0 saturated heterocycles. The van der Waals surface area contributed by atoms with Gasteiger partial charge in [0.2, 0.25) is 0 Å². The molecule has 0 rings (SSSR count). The fourth-order valence-electron chi connectivity index (χ4n) is 4.89. The summed E-state index contributed by atoms with van der Waals surface area (Å²) in [4.78, 5) is 34.6. The molecule has 9 nitrogen and oxygen atoms in total. The zero-order valence-electron chi connectivity index (χ0n) is 30.5. The number of phosphoric acid groups is 1. The van der Waals surface area contributed by atoms with Crippen molar-refractivity contribution >= 4 is 19.8 Å². The van der Waals surface area contributed by atoms with Crippen LogP contribution in [0.1, 0.15) is 162 Å². The predicted octanol–water partition coefficient (Wildman–Crippen LogP) is 10.2. The van der Waals surface area contributed by atoms with Crippen molar-refractivity contribution in [3.8, 4) is 0 Å². The topological polar surface area (TPSA) is 134 Å². The first-order chi connectivity index (χ1) is 23.3. The van der Waals surface area contributed by atoms with Gasteiger partial charge in [-0.15, -0.1) is 0 Å². The Morgan fingerprint density at radius 1 is 0.625 bits per heavy atom. The lowest BCUT2D eigenvalue weighted by Gasteiger charge is -2.19. The molecule has 0 saturated carbocycles. The van der Waals surface area contributed by atoms with Crippen LogP contribution in [0.3, 0.4) is 0 Å². The first-order valence-electron chi connectivity index (χ1n) is 19.0. The number of carbonyl (C=O) groups excluding carboxylic acids is 2. The lowest BCUT2D eigenvalue weighted by molar-refractivity contribution is -0.161. The number of allylic oxidation sites excluding steroid dienone is 6. The monoisotopic (exact) mass is 699 g/mol. The molecular weight excluding hydrogens is 629 g/mol. The van der Waals surface area contributed by atoms with E-state index in [1.54, 1.807) is 0 Å². The van der Waals surface area contributed by atoms with Gasteiger partial charge in [0, 0.05) is 19.4 Å². The summed E-state index contributed by atoms with van der Waals surface area (Å²) in [5.74, 6) is -0.880. The van der Waals surface area contributed by atoms with E-state index in [0.717, 1.165) is 64.2 Å². The Kier molecular flexibility index (Phi) is 33.8. The highest BCUT2D eigenvalue weighted by molar-refractivity contribution is 7.47. The Hall–Kier alpha value is -1.77. The molecule has 0 fully saturated rings. The van der Waals surface area contributed by atoms with Crippen molar-refractivity contribution in [2.24, 2.45) is 5.73 Å². The molecule has 10 heteroatoms. The first kappa shape index (κ1) is 46.2. The minimum absolute atomic E-state index is 0.0475. The fourth-order valence-corrected chi connectivity index (χ4v) is 5.66. The highest BCUT2D eigenvalue weighted by Gasteiger charge is 2.25. The van der Waals surface area contributed by atoms with E-state index in [0.29, 0.717) is 12.8 Å². The van der Waals surface area contributed by atoms with Crippen LogP contribution in [0.25, 0.3) is 0 Å². The van der Waals surface area contributed by atoms with Gasteiger partial charge in [-0.1, -0.05) is 115 Å². The lowest BCUT2D eigenvalue weighted by atomic mass is 10.1. The number of phosphoric ester groups is 1. The summed E-state index contributed by atoms with van der Waals surface area (Å²) in [5, 5.41) is 0. The molecule has 0 aromatic heterocycles. The summed E-state index contributed by atoms with van der Waals surface area (Å²) < 4.78 is 32.6. The van der Waals surface area contributed by atoms with Crippen LogP contribution in [0.15, 0.2) is 36.5 Å². The van der Waals surface area contributed by atoms with E-state index in [2.05, 4.69) is 50.3 Å². The van der Waals surface area contributed by atoms with Crippen LogP contribution >= 0.6 is 7.82 Å². The third-order valence-electron chi connectivity index (χ3n) is 7.75. The van der Waals surface area contributed by atoms with Crippen molar-refractivity contribution in [1.82, 2.24) is 0 Å². The minimum atomic E-state index is -4.38. The average molecular weight is 700 g/mol. The maximum absolute atomic E-state index is 12.5. The fraction of sp³-hybridized carbons (Fsp3) is 0.789. The molecule has 0 aromatic carbocycles. The van der Waals surface area contributed by atoms with E-state index in [1.165, 1.54) is 57.8 Å². The first-order valence-corrected chi connectivity index (χ1v) is 20.5. The SMILES string of the molecule is CCCCC/C=C/CCCCCCCC(=O)O[C@H](COC(=O)CCCC/C=C/C/C=C/CCCCCCCC)COP(=O)(O)OCCN. The van der Waals surface area contributed by atoms with Gasteiger partial charge in [0.25, 0.3) is 0 Å². The molecule has 280 valence electrons. The third-order valence-corrected chi connectivity index (χ3v) is 8.73. The largest absolute Gasteiger partial charge is 0.472 e. The molecule has 0 aliphatic heterocycles. The number of ether oxygens (including phenoxy) is 2. The minimum Gasteiger partial charge on any atom is -0.462 e. The number of rotatable bonds is 35. The highest BCUT2D eigenvalue weighted by Crippen LogP contribution is 2.43. The van der Waals surface area contributed by atoms with E-state index < -0.39 is 32.5 Å². The molecule has 1 unspecified atom stereocenters. The number of carbonyl (C=O) groups is 2. The second kappa shape index (κ2) is 35.1. The molecule has 48 heavy (non-hydrogen) atoms. The van der Waals surface area contributed by atoms with Crippen molar-refractivity contribution in [1.29, 1.82) is 0 Å². The van der Waals surface area contributed by atoms with Crippen LogP contribution in [0, 0.1) is 0 Å². The molecule has 0 aliphatic carbocycles. The second-order valence-corrected chi connectivity index (χ2v) is 13.9. The standard InChI is InChI=1S/C38H70NO8P/c1-3-5-7-9-11-13-15-17-18-19-21-22-24-26-28-30-37(40)44-34-36(35-46-48(42,43)45-33-32-39)47-38(41)31-29-27-25-23-20-16-14-12-10-8-6-4-2/h12,14,17-18,21-22,36H,3-11,13,15-16,19-20,23-35,39H2,1-2H3,(H,42,43)/b14-12+,18-17+,22-21+/t36-/m1/s1. The van der Waals surface area contributed by atoms with Crippen LogP contribution in [0.2, 0.25) is 0 Å². The predicted molar refractivity (Wildman–Crippen MR) is 197 cm³/mol. The van der Waals surface area contributed by atoms with E-state index in [4.69, 9.17) is 24.3 Å². The van der Waals surface area contributed by atoms with Crippen LogP contribution in [-0.2, 0) is 32.7 Å². The highest BCUT2D eigenvalue weighted by atomic mass is 31.2. The number of hydrogen-bond acceptors (Lipinski definition) is 8. The molecule has 2 atom stereocenters. The Morgan fingerprint density at radius 3 is 1.69 bits per heavy atom. The normalized spacial score (nSPS) is 13.8. The molecule has 0 radical (unpaired) electrons. The lowest BCUT2D eigenvalue weighted by Crippen LogP contribution is -2.29. The van der Waals surface area contributed by atoms with E-state index in [-0.39, 0.29) is 32.6 Å². The van der Waals surface area contributed by atoms with E-state index >= 15 is 0 Å². The molecule has 0 heterocycles. The zero-order chi connectivity index (χ0) is 35.4. The zero-order valence-corrected chi connectivity index (χ0v) is 31.4. The Bertz CT molecular complexity index is 892. The Morgan fingerprint density at radius 2 is 1.08 bits per heavy atom. The summed E-state index contributed by atoms with van der Waals surface area (Å²) in [6.07, 6.45) is 36.1. The number of unbranched alkanes of at least 4 members (excludes halogenated alkanes) is 16. The Labute approximate surface area is 293 Å². The molecule has 0 bridgehead atoms. The summed E-state index contributed by atoms with van der Waals surface area (Å²) in [6, 6.07) is 0. The number of esters is 2. The van der Waals surface area contributed by atoms with Crippen LogP contribution in [-0.4, -0.2) is 49.3 Å². The molecule has 0 amide bonds. The number of hydrogen-bond donors (Lipinski definition) is 2. The maximum Gasteiger partial charge on any atom is 0.472 e. The van der Waals surface area contributed by atoms with E-state index in [9.17, 15) is 19.0 Å². The van der Waals surface area contributed by atoms with Gasteiger partial charge in [0.1, 0.15) is 6.61 Å². The van der Waals surface area contributed by atoms with Crippen molar-refractivity contribution in [2.75, 3.05) is 26.4 Å². The van der Waals surface area contributed by atoms with Crippen molar-refractivity contribution < 1.29 is 37.6 Å². The summed E-state index contributed by atoms with van der Waals surface area (Å²) >= 11 is 0. The molecular formula is C38H70NO8P. The number of nitrogens with two attached hydrogens (primary N) is 1. The molecule has 0 spiro atoms. The molecule has 0 aliphatic rings. The van der Waals surface area contributed by atoms with E-state index in [1.807, 2.05) is 0 Å². The van der Waals surface area contributed by atoms with Gasteiger partial charge >= 0.3 is 19.8 Å². The van der Waals surface area contributed by atoms with Gasteiger partial charge in [-0.05, 0) is 70.6 Å². The molecule has 0 aromatic rings. The third kappa shape index (κ3) is 34.1. The summed E-state index contributed by atoms with van der Waals surface area (Å²) in [6.45, 7) is 3.63. The van der Waals surface area contributed by atoms with Crippen LogP contribution in [0.5, 0.6) is 0 Å². The molecule has 3 N–H and O–H groups in total. The van der Waals surface area contributed by atoms with Crippen LogP contribution in [0.4, 0.5) is 0 Å². The van der Waals surface area contributed by atoms with Crippen LogP contribution < -0.4 is 5.73 Å². The van der Waals surface area contributed by atoms with Crippen molar-refractivity contribution in [2.45, 2.75) is 168 Å². The quantitative estimate of drug-likeness (QED) is 0.0287. The van der Waals surface area contributed by atoms with Gasteiger partial charge in [-0.25, -0.2) is 4.57 Å².